The Labute approximate surface area is 105 Å². The average molecular weight is 306 g/mol. The number of rotatable bonds is 2. The maximum Gasteiger partial charge on any atom is 0.308 e. The molecule has 1 aliphatic rings. The molecule has 1 aromatic rings. The van der Waals surface area contributed by atoms with E-state index in [1.54, 1.807) is 0 Å². The highest BCUT2D eigenvalue weighted by Crippen LogP contribution is 2.33. The molecule has 0 bridgehead atoms. The van der Waals surface area contributed by atoms with Crippen LogP contribution in [0.15, 0.2) is 16.6 Å². The molecule has 1 heterocycles. The van der Waals surface area contributed by atoms with Crippen molar-refractivity contribution in [3.8, 4) is 0 Å². The van der Waals surface area contributed by atoms with Crippen LogP contribution >= 0.6 is 15.9 Å². The predicted molar refractivity (Wildman–Crippen MR) is 60.8 cm³/mol. The summed E-state index contributed by atoms with van der Waals surface area (Å²) in [6, 6.07) is 2.30. The minimum absolute atomic E-state index is 0.148. The van der Waals surface area contributed by atoms with Crippen molar-refractivity contribution in [1.82, 2.24) is 5.32 Å². The van der Waals surface area contributed by atoms with Crippen LogP contribution in [-0.4, -0.2) is 24.2 Å². The molecule has 3 nitrogen and oxygen atoms in total. The van der Waals surface area contributed by atoms with Gasteiger partial charge in [0.2, 0.25) is 0 Å². The lowest BCUT2D eigenvalue weighted by Crippen LogP contribution is -2.22. The van der Waals surface area contributed by atoms with Gasteiger partial charge in [-0.3, -0.25) is 4.79 Å². The number of aliphatic carboxylic acids is 1. The van der Waals surface area contributed by atoms with Gasteiger partial charge in [0.05, 0.1) is 5.92 Å². The number of hydrogen-bond donors (Lipinski definition) is 2. The summed E-state index contributed by atoms with van der Waals surface area (Å²) in [5, 5.41) is 11.8. The second-order valence-corrected chi connectivity index (χ2v) is 4.91. The van der Waals surface area contributed by atoms with Crippen LogP contribution in [0, 0.1) is 17.6 Å². The molecule has 0 amide bonds. The first kappa shape index (κ1) is 12.4. The highest BCUT2D eigenvalue weighted by molar-refractivity contribution is 9.10. The van der Waals surface area contributed by atoms with Gasteiger partial charge in [-0.05, 0) is 12.1 Å². The average Bonchev–Trinajstić information content (AvgIpc) is 2.64. The summed E-state index contributed by atoms with van der Waals surface area (Å²) in [4.78, 5) is 11.0. The highest BCUT2D eigenvalue weighted by Gasteiger charge is 2.37. The molecule has 1 fully saturated rings. The van der Waals surface area contributed by atoms with Gasteiger partial charge in [-0.2, -0.15) is 0 Å². The second-order valence-electron chi connectivity index (χ2n) is 3.99. The maximum absolute atomic E-state index is 13.7. The van der Waals surface area contributed by atoms with E-state index in [4.69, 9.17) is 5.11 Å². The Morgan fingerprint density at radius 2 is 1.94 bits per heavy atom. The van der Waals surface area contributed by atoms with E-state index in [0.29, 0.717) is 4.47 Å². The molecule has 6 heteroatoms. The number of carboxylic acids is 1. The monoisotopic (exact) mass is 305 g/mol. The molecular formula is C11H10BrF2NO2. The molecule has 92 valence electrons. The molecule has 0 aliphatic carbocycles. The minimum Gasteiger partial charge on any atom is -0.481 e. The van der Waals surface area contributed by atoms with Crippen LogP contribution in [0.5, 0.6) is 0 Å². The van der Waals surface area contributed by atoms with Crippen molar-refractivity contribution in [3.05, 3.63) is 33.8 Å². The zero-order valence-corrected chi connectivity index (χ0v) is 10.3. The van der Waals surface area contributed by atoms with Crippen molar-refractivity contribution in [2.75, 3.05) is 13.1 Å². The van der Waals surface area contributed by atoms with Crippen LogP contribution in [0.1, 0.15) is 11.5 Å². The fraction of sp³-hybridized carbons (Fsp3) is 0.364. The van der Waals surface area contributed by atoms with Crippen LogP contribution in [0.2, 0.25) is 0 Å². The van der Waals surface area contributed by atoms with Crippen molar-refractivity contribution in [1.29, 1.82) is 0 Å². The molecule has 0 aromatic heterocycles. The molecule has 0 spiro atoms. The summed E-state index contributed by atoms with van der Waals surface area (Å²) >= 11 is 2.99. The van der Waals surface area contributed by atoms with Gasteiger partial charge in [0, 0.05) is 29.0 Å². The first-order chi connectivity index (χ1) is 8.00. The van der Waals surface area contributed by atoms with Crippen molar-refractivity contribution in [2.24, 2.45) is 5.92 Å². The SMILES string of the molecule is O=C(O)C1CNCC1c1c(F)cc(Br)cc1F. The van der Waals surface area contributed by atoms with Crippen LogP contribution in [0.25, 0.3) is 0 Å². The summed E-state index contributed by atoms with van der Waals surface area (Å²) in [6.45, 7) is 0.501. The Hall–Kier alpha value is -1.01. The van der Waals surface area contributed by atoms with E-state index in [9.17, 15) is 13.6 Å². The van der Waals surface area contributed by atoms with E-state index in [1.165, 1.54) is 0 Å². The molecule has 0 saturated carbocycles. The molecule has 1 aromatic carbocycles. The topological polar surface area (TPSA) is 49.3 Å². The van der Waals surface area contributed by atoms with Crippen molar-refractivity contribution < 1.29 is 18.7 Å². The molecule has 1 aliphatic heterocycles. The minimum atomic E-state index is -1.04. The quantitative estimate of drug-likeness (QED) is 0.880. The van der Waals surface area contributed by atoms with Gasteiger partial charge in [0.1, 0.15) is 11.6 Å². The third kappa shape index (κ3) is 2.32. The van der Waals surface area contributed by atoms with Crippen LogP contribution < -0.4 is 5.32 Å². The van der Waals surface area contributed by atoms with Gasteiger partial charge in [-0.15, -0.1) is 0 Å². The van der Waals surface area contributed by atoms with E-state index in [2.05, 4.69) is 21.2 Å². The largest absolute Gasteiger partial charge is 0.481 e. The summed E-state index contributed by atoms with van der Waals surface area (Å²) < 4.78 is 27.7. The standard InChI is InChI=1S/C11H10BrF2NO2/c12-5-1-8(13)10(9(14)2-5)6-3-15-4-7(6)11(16)17/h1-2,6-7,15H,3-4H2,(H,16,17). The first-order valence-electron chi connectivity index (χ1n) is 5.08. The number of carbonyl (C=O) groups is 1. The van der Waals surface area contributed by atoms with Crippen LogP contribution in [0.4, 0.5) is 8.78 Å². The summed E-state index contributed by atoms with van der Waals surface area (Å²) in [5.41, 5.74) is -0.148. The molecule has 2 unspecified atom stereocenters. The lowest BCUT2D eigenvalue weighted by molar-refractivity contribution is -0.141. The summed E-state index contributed by atoms with van der Waals surface area (Å²) in [5.74, 6) is -3.92. The lowest BCUT2D eigenvalue weighted by atomic mass is 9.88. The second kappa shape index (κ2) is 4.70. The van der Waals surface area contributed by atoms with E-state index in [-0.39, 0.29) is 18.7 Å². The number of carboxylic acid groups (broad SMARTS) is 1. The molecule has 2 atom stereocenters. The number of halogens is 3. The Kier molecular flexibility index (Phi) is 3.44. The van der Waals surface area contributed by atoms with Gasteiger partial charge in [-0.25, -0.2) is 8.78 Å². The Bertz CT molecular complexity index is 444. The Balaban J connectivity index is 2.43. The number of nitrogens with one attached hydrogen (secondary N) is 1. The summed E-state index contributed by atoms with van der Waals surface area (Å²) in [7, 11) is 0. The molecule has 2 rings (SSSR count). The third-order valence-corrected chi connectivity index (χ3v) is 3.40. The van der Waals surface area contributed by atoms with Gasteiger partial charge in [0.15, 0.2) is 0 Å². The van der Waals surface area contributed by atoms with E-state index in [1.807, 2.05) is 0 Å². The number of benzene rings is 1. The highest BCUT2D eigenvalue weighted by atomic mass is 79.9. The van der Waals surface area contributed by atoms with Crippen LogP contribution in [-0.2, 0) is 4.79 Å². The Morgan fingerprint density at radius 1 is 1.35 bits per heavy atom. The fourth-order valence-corrected chi connectivity index (χ4v) is 2.55. The normalized spacial score (nSPS) is 23.9. The molecule has 0 radical (unpaired) electrons. The fourth-order valence-electron chi connectivity index (χ4n) is 2.15. The molecular weight excluding hydrogens is 296 g/mol. The predicted octanol–water partition coefficient (Wildman–Crippen LogP) is 2.11. The van der Waals surface area contributed by atoms with Gasteiger partial charge >= 0.3 is 5.97 Å². The smallest absolute Gasteiger partial charge is 0.308 e. The van der Waals surface area contributed by atoms with E-state index < -0.39 is 29.4 Å². The zero-order chi connectivity index (χ0) is 12.6. The molecule has 1 saturated heterocycles. The van der Waals surface area contributed by atoms with Crippen molar-refractivity contribution >= 4 is 21.9 Å². The van der Waals surface area contributed by atoms with Gasteiger partial charge in [0.25, 0.3) is 0 Å². The van der Waals surface area contributed by atoms with Crippen LogP contribution in [0.3, 0.4) is 0 Å². The van der Waals surface area contributed by atoms with Gasteiger partial charge < -0.3 is 10.4 Å². The van der Waals surface area contributed by atoms with Gasteiger partial charge in [-0.1, -0.05) is 15.9 Å². The lowest BCUT2D eigenvalue weighted by Gasteiger charge is -2.16. The first-order valence-corrected chi connectivity index (χ1v) is 5.88. The van der Waals surface area contributed by atoms with E-state index in [0.717, 1.165) is 12.1 Å². The third-order valence-electron chi connectivity index (χ3n) is 2.95. The zero-order valence-electron chi connectivity index (χ0n) is 8.71. The molecule has 17 heavy (non-hydrogen) atoms. The molecule has 2 N–H and O–H groups in total. The Morgan fingerprint density at radius 3 is 2.47 bits per heavy atom. The van der Waals surface area contributed by atoms with Crippen molar-refractivity contribution in [3.63, 3.8) is 0 Å². The summed E-state index contributed by atoms with van der Waals surface area (Å²) in [6.07, 6.45) is 0. The van der Waals surface area contributed by atoms with Crippen molar-refractivity contribution in [2.45, 2.75) is 5.92 Å². The number of hydrogen-bond acceptors (Lipinski definition) is 2. The maximum atomic E-state index is 13.7. The van der Waals surface area contributed by atoms with E-state index >= 15 is 0 Å².